The van der Waals surface area contributed by atoms with Gasteiger partial charge in [0.2, 0.25) is 0 Å². The van der Waals surface area contributed by atoms with Crippen molar-refractivity contribution in [3.8, 4) is 44.6 Å². The van der Waals surface area contributed by atoms with E-state index in [4.69, 9.17) is 14.4 Å². The van der Waals surface area contributed by atoms with Gasteiger partial charge < -0.3 is 4.42 Å². The predicted molar refractivity (Wildman–Crippen MR) is 186 cm³/mol. The topological polar surface area (TPSA) is 38.9 Å². The molecule has 210 valence electrons. The monoisotopic (exact) mass is 574 g/mol. The van der Waals surface area contributed by atoms with Crippen LogP contribution >= 0.6 is 0 Å². The molecular formula is C42H26N2O. The number of benzene rings is 6. The van der Waals surface area contributed by atoms with Gasteiger partial charge in [0, 0.05) is 27.9 Å². The van der Waals surface area contributed by atoms with Crippen LogP contribution in [0, 0.1) is 0 Å². The van der Waals surface area contributed by atoms with E-state index in [0.717, 1.165) is 82.8 Å². The van der Waals surface area contributed by atoms with E-state index in [0.29, 0.717) is 0 Å². The Kier molecular flexibility index (Phi) is 5.82. The summed E-state index contributed by atoms with van der Waals surface area (Å²) >= 11 is 0. The first-order valence-electron chi connectivity index (χ1n) is 15.2. The third-order valence-corrected chi connectivity index (χ3v) is 8.71. The normalized spacial score (nSPS) is 11.6. The van der Waals surface area contributed by atoms with Gasteiger partial charge in [0.25, 0.3) is 0 Å². The Labute approximate surface area is 260 Å². The lowest BCUT2D eigenvalue weighted by atomic mass is 9.85. The molecule has 0 atom stereocenters. The van der Waals surface area contributed by atoms with Crippen LogP contribution in [0.2, 0.25) is 0 Å². The van der Waals surface area contributed by atoms with Crippen molar-refractivity contribution in [2.75, 3.05) is 0 Å². The highest BCUT2D eigenvalue weighted by molar-refractivity contribution is 6.24. The molecule has 0 saturated carbocycles. The second kappa shape index (κ2) is 10.3. The first kappa shape index (κ1) is 25.4. The Bertz CT molecular complexity index is 2460. The van der Waals surface area contributed by atoms with E-state index >= 15 is 0 Å². The fraction of sp³-hybridized carbons (Fsp3) is 0. The van der Waals surface area contributed by atoms with Gasteiger partial charge in [-0.3, -0.25) is 4.98 Å². The number of aromatic nitrogens is 2. The van der Waals surface area contributed by atoms with Crippen molar-refractivity contribution in [3.05, 3.63) is 158 Å². The summed E-state index contributed by atoms with van der Waals surface area (Å²) < 4.78 is 6.60. The number of fused-ring (bicyclic) bond motifs is 7. The Morgan fingerprint density at radius 3 is 1.76 bits per heavy atom. The van der Waals surface area contributed by atoms with Gasteiger partial charge in [0.1, 0.15) is 16.7 Å². The minimum Gasteiger partial charge on any atom is -0.455 e. The average Bonchev–Trinajstić information content (AvgIpc) is 3.51. The van der Waals surface area contributed by atoms with Crippen LogP contribution in [-0.4, -0.2) is 9.97 Å². The maximum Gasteiger partial charge on any atom is 0.145 e. The molecule has 3 nitrogen and oxygen atoms in total. The van der Waals surface area contributed by atoms with Crippen LogP contribution in [-0.2, 0) is 0 Å². The van der Waals surface area contributed by atoms with Gasteiger partial charge in [0.15, 0.2) is 0 Å². The summed E-state index contributed by atoms with van der Waals surface area (Å²) in [6.45, 7) is 0. The minimum atomic E-state index is 0.832. The van der Waals surface area contributed by atoms with Gasteiger partial charge in [-0.15, -0.1) is 0 Å². The van der Waals surface area contributed by atoms with Crippen molar-refractivity contribution in [3.63, 3.8) is 0 Å². The van der Waals surface area contributed by atoms with E-state index in [1.54, 1.807) is 0 Å². The maximum absolute atomic E-state index is 6.60. The molecule has 3 heteroatoms. The number of hydrogen-bond acceptors (Lipinski definition) is 3. The zero-order valence-corrected chi connectivity index (χ0v) is 24.3. The fourth-order valence-electron chi connectivity index (χ4n) is 6.66. The first-order chi connectivity index (χ1) is 22.3. The van der Waals surface area contributed by atoms with Crippen molar-refractivity contribution >= 4 is 43.7 Å². The third kappa shape index (κ3) is 4.13. The molecule has 0 radical (unpaired) electrons. The highest BCUT2D eigenvalue weighted by Gasteiger charge is 2.23. The molecule has 0 fully saturated rings. The summed E-state index contributed by atoms with van der Waals surface area (Å²) in [5.74, 6) is 0. The Morgan fingerprint density at radius 1 is 0.467 bits per heavy atom. The summed E-state index contributed by atoms with van der Waals surface area (Å²) in [5.41, 5.74) is 12.2. The lowest BCUT2D eigenvalue weighted by Crippen LogP contribution is -1.97. The summed E-state index contributed by atoms with van der Waals surface area (Å²) in [4.78, 5) is 10.3. The van der Waals surface area contributed by atoms with Crippen molar-refractivity contribution < 1.29 is 4.42 Å². The van der Waals surface area contributed by atoms with Gasteiger partial charge in [-0.1, -0.05) is 115 Å². The standard InChI is InChI=1S/C42H26N2O/c1-4-13-27(14-5-1)30-25-34(28-15-6-2-7-16-28)38(35(26-30)29-17-8-3-9-18-29)40-33-23-22-32-31-19-10-11-21-37(31)45-42(32)39(33)41-36(44-40)20-12-24-43-41/h1-26H. The fourth-order valence-corrected chi connectivity index (χ4v) is 6.66. The molecule has 0 bridgehead atoms. The number of furan rings is 1. The Hall–Kier alpha value is -6.06. The molecule has 0 spiro atoms. The highest BCUT2D eigenvalue weighted by Crippen LogP contribution is 2.47. The molecule has 0 unspecified atom stereocenters. The summed E-state index contributed by atoms with van der Waals surface area (Å²) in [7, 11) is 0. The molecule has 0 amide bonds. The van der Waals surface area contributed by atoms with E-state index < -0.39 is 0 Å². The van der Waals surface area contributed by atoms with E-state index in [9.17, 15) is 0 Å². The van der Waals surface area contributed by atoms with Crippen molar-refractivity contribution in [2.24, 2.45) is 0 Å². The van der Waals surface area contributed by atoms with E-state index in [1.165, 1.54) is 5.56 Å². The molecule has 0 aliphatic carbocycles. The highest BCUT2D eigenvalue weighted by atomic mass is 16.3. The number of rotatable bonds is 4. The molecule has 3 aromatic heterocycles. The van der Waals surface area contributed by atoms with E-state index in [1.807, 2.05) is 24.4 Å². The molecule has 3 heterocycles. The quantitative estimate of drug-likeness (QED) is 0.196. The summed E-state index contributed by atoms with van der Waals surface area (Å²) in [6, 6.07) is 53.1. The molecule has 9 aromatic rings. The van der Waals surface area contributed by atoms with Crippen LogP contribution in [0.15, 0.2) is 162 Å². The molecule has 6 aromatic carbocycles. The van der Waals surface area contributed by atoms with Crippen molar-refractivity contribution in [1.29, 1.82) is 0 Å². The molecule has 0 saturated heterocycles. The molecule has 45 heavy (non-hydrogen) atoms. The van der Waals surface area contributed by atoms with Gasteiger partial charge in [-0.25, -0.2) is 4.98 Å². The molecule has 9 rings (SSSR count). The number of nitrogens with zero attached hydrogens (tertiary/aromatic N) is 2. The molecule has 0 aliphatic heterocycles. The van der Waals surface area contributed by atoms with E-state index in [-0.39, 0.29) is 0 Å². The Morgan fingerprint density at radius 2 is 1.07 bits per heavy atom. The Balaban J connectivity index is 1.48. The van der Waals surface area contributed by atoms with Crippen LogP contribution in [0.3, 0.4) is 0 Å². The second-order valence-corrected chi connectivity index (χ2v) is 11.3. The van der Waals surface area contributed by atoms with E-state index in [2.05, 4.69) is 133 Å². The molecule has 0 aliphatic rings. The van der Waals surface area contributed by atoms with Crippen LogP contribution in [0.1, 0.15) is 0 Å². The van der Waals surface area contributed by atoms with Gasteiger partial charge in [0.05, 0.1) is 16.6 Å². The average molecular weight is 575 g/mol. The van der Waals surface area contributed by atoms with Gasteiger partial charge >= 0.3 is 0 Å². The zero-order chi connectivity index (χ0) is 29.7. The maximum atomic E-state index is 6.60. The van der Waals surface area contributed by atoms with Crippen LogP contribution < -0.4 is 0 Å². The first-order valence-corrected chi connectivity index (χ1v) is 15.2. The van der Waals surface area contributed by atoms with Crippen molar-refractivity contribution in [1.82, 2.24) is 9.97 Å². The number of pyridine rings is 2. The minimum absolute atomic E-state index is 0.832. The number of para-hydroxylation sites is 1. The predicted octanol–water partition coefficient (Wildman–Crippen LogP) is 11.4. The second-order valence-electron chi connectivity index (χ2n) is 11.3. The SMILES string of the molecule is c1ccc(-c2cc(-c3ccccc3)c(-c3nc4cccnc4c4c3ccc3c5ccccc5oc34)c(-c3ccccc3)c2)cc1. The molecular weight excluding hydrogens is 548 g/mol. The molecule has 0 N–H and O–H groups in total. The van der Waals surface area contributed by atoms with Crippen molar-refractivity contribution in [2.45, 2.75) is 0 Å². The van der Waals surface area contributed by atoms with Crippen LogP contribution in [0.4, 0.5) is 0 Å². The zero-order valence-electron chi connectivity index (χ0n) is 24.3. The smallest absolute Gasteiger partial charge is 0.145 e. The largest absolute Gasteiger partial charge is 0.455 e. The third-order valence-electron chi connectivity index (χ3n) is 8.71. The summed E-state index contributed by atoms with van der Waals surface area (Å²) in [6.07, 6.45) is 1.84. The van der Waals surface area contributed by atoms with Gasteiger partial charge in [-0.2, -0.15) is 0 Å². The number of hydrogen-bond donors (Lipinski definition) is 0. The lowest BCUT2D eigenvalue weighted by Gasteiger charge is -2.20. The van der Waals surface area contributed by atoms with Crippen LogP contribution in [0.5, 0.6) is 0 Å². The van der Waals surface area contributed by atoms with Crippen LogP contribution in [0.25, 0.3) is 88.4 Å². The van der Waals surface area contributed by atoms with Gasteiger partial charge in [-0.05, 0) is 69.8 Å². The summed E-state index contributed by atoms with van der Waals surface area (Å²) in [5, 5.41) is 4.16. The lowest BCUT2D eigenvalue weighted by molar-refractivity contribution is 0.673.